The lowest BCUT2D eigenvalue weighted by atomic mass is 10.0. The Morgan fingerprint density at radius 2 is 0.889 bits per heavy atom. The fourth-order valence-corrected chi connectivity index (χ4v) is 1.89. The van der Waals surface area contributed by atoms with Crippen molar-refractivity contribution in [2.45, 2.75) is 13.2 Å². The van der Waals surface area contributed by atoms with Gasteiger partial charge < -0.3 is 29.2 Å². The second kappa shape index (κ2) is 6.32. The van der Waals surface area contributed by atoms with Gasteiger partial charge in [-0.25, -0.2) is 0 Å². The number of ether oxygens (including phenoxy) is 4. The van der Waals surface area contributed by atoms with E-state index in [-0.39, 0.29) is 13.2 Å². The summed E-state index contributed by atoms with van der Waals surface area (Å²) < 4.78 is 20.9. The van der Waals surface area contributed by atoms with Crippen molar-refractivity contribution in [3.8, 4) is 23.0 Å². The molecule has 0 aromatic heterocycles. The van der Waals surface area contributed by atoms with Crippen LogP contribution in [0, 0.1) is 0 Å². The minimum absolute atomic E-state index is 0.310. The third kappa shape index (κ3) is 2.16. The van der Waals surface area contributed by atoms with E-state index < -0.39 is 0 Å². The minimum Gasteiger partial charge on any atom is -0.492 e. The molecule has 6 heteroatoms. The van der Waals surface area contributed by atoms with Crippen LogP contribution in [0.15, 0.2) is 0 Å². The number of methoxy groups -OCH3 is 4. The van der Waals surface area contributed by atoms with E-state index in [9.17, 15) is 10.2 Å². The molecule has 0 fully saturated rings. The van der Waals surface area contributed by atoms with Gasteiger partial charge in [0.2, 0.25) is 11.5 Å². The van der Waals surface area contributed by atoms with Crippen molar-refractivity contribution in [2.75, 3.05) is 28.4 Å². The predicted octanol–water partition coefficient (Wildman–Crippen LogP) is 0.706. The third-order valence-electron chi connectivity index (χ3n) is 2.66. The van der Waals surface area contributed by atoms with Gasteiger partial charge in [0.1, 0.15) is 0 Å². The van der Waals surface area contributed by atoms with Crippen LogP contribution < -0.4 is 18.9 Å². The van der Waals surface area contributed by atoms with Gasteiger partial charge in [0, 0.05) is 11.1 Å². The Morgan fingerprint density at radius 3 is 1.06 bits per heavy atom. The molecule has 0 heterocycles. The molecule has 0 amide bonds. The van der Waals surface area contributed by atoms with E-state index in [0.29, 0.717) is 34.1 Å². The van der Waals surface area contributed by atoms with Crippen molar-refractivity contribution in [1.82, 2.24) is 0 Å². The van der Waals surface area contributed by atoms with E-state index in [1.807, 2.05) is 0 Å². The zero-order chi connectivity index (χ0) is 13.7. The smallest absolute Gasteiger partial charge is 0.207 e. The normalized spacial score (nSPS) is 10.1. The van der Waals surface area contributed by atoms with Gasteiger partial charge in [-0.05, 0) is 0 Å². The molecule has 18 heavy (non-hydrogen) atoms. The summed E-state index contributed by atoms with van der Waals surface area (Å²) in [5.41, 5.74) is 0.823. The van der Waals surface area contributed by atoms with E-state index in [0.717, 1.165) is 0 Å². The van der Waals surface area contributed by atoms with Gasteiger partial charge in [-0.15, -0.1) is 0 Å². The molecule has 0 saturated carbocycles. The average Bonchev–Trinajstić information content (AvgIpc) is 2.43. The maximum Gasteiger partial charge on any atom is 0.207 e. The summed E-state index contributed by atoms with van der Waals surface area (Å²) in [5, 5.41) is 18.8. The Balaban J connectivity index is 3.71. The molecule has 0 atom stereocenters. The highest BCUT2D eigenvalue weighted by atomic mass is 16.5. The maximum atomic E-state index is 9.42. The fourth-order valence-electron chi connectivity index (χ4n) is 1.89. The van der Waals surface area contributed by atoms with Gasteiger partial charge >= 0.3 is 0 Å². The molecule has 0 aliphatic rings. The number of hydrogen-bond acceptors (Lipinski definition) is 6. The Hall–Kier alpha value is -1.66. The topological polar surface area (TPSA) is 77.4 Å². The molecule has 0 bridgehead atoms. The number of rotatable bonds is 6. The average molecular weight is 258 g/mol. The summed E-state index contributed by atoms with van der Waals surface area (Å²) in [6.45, 7) is -0.619. The van der Waals surface area contributed by atoms with E-state index in [4.69, 9.17) is 18.9 Å². The number of benzene rings is 1. The van der Waals surface area contributed by atoms with E-state index in [1.165, 1.54) is 28.4 Å². The van der Waals surface area contributed by atoms with Crippen LogP contribution in [0.3, 0.4) is 0 Å². The monoisotopic (exact) mass is 258 g/mol. The molecule has 0 radical (unpaired) electrons. The Bertz CT molecular complexity index is 295. The number of hydrogen-bond donors (Lipinski definition) is 2. The van der Waals surface area contributed by atoms with Crippen LogP contribution in [0.25, 0.3) is 0 Å². The highest BCUT2D eigenvalue weighted by Crippen LogP contribution is 2.49. The van der Waals surface area contributed by atoms with Crippen LogP contribution in [0.4, 0.5) is 0 Å². The molecule has 1 rings (SSSR count). The summed E-state index contributed by atoms with van der Waals surface area (Å²) in [7, 11) is 5.81. The summed E-state index contributed by atoms with van der Waals surface area (Å²) >= 11 is 0. The van der Waals surface area contributed by atoms with Gasteiger partial charge in [0.05, 0.1) is 41.7 Å². The van der Waals surface area contributed by atoms with Gasteiger partial charge in [0.25, 0.3) is 0 Å². The van der Waals surface area contributed by atoms with Gasteiger partial charge in [0.15, 0.2) is 11.5 Å². The lowest BCUT2D eigenvalue weighted by molar-refractivity contribution is 0.239. The molecule has 0 unspecified atom stereocenters. The van der Waals surface area contributed by atoms with Crippen LogP contribution >= 0.6 is 0 Å². The van der Waals surface area contributed by atoms with E-state index in [2.05, 4.69) is 0 Å². The SMILES string of the molecule is COc1c(CO)c(CO)c(OC)c(OC)c1OC. The van der Waals surface area contributed by atoms with E-state index in [1.54, 1.807) is 0 Å². The second-order valence-electron chi connectivity index (χ2n) is 3.41. The molecule has 6 nitrogen and oxygen atoms in total. The van der Waals surface area contributed by atoms with Crippen molar-refractivity contribution < 1.29 is 29.2 Å². The largest absolute Gasteiger partial charge is 0.492 e. The summed E-state index contributed by atoms with van der Waals surface area (Å²) in [4.78, 5) is 0. The van der Waals surface area contributed by atoms with Gasteiger partial charge in [-0.1, -0.05) is 0 Å². The standard InChI is InChI=1S/C12H18O6/c1-15-9-7(5-13)8(6-14)10(16-2)12(18-4)11(9)17-3/h13-14H,5-6H2,1-4H3. The van der Waals surface area contributed by atoms with Crippen LogP contribution in [-0.2, 0) is 13.2 Å². The van der Waals surface area contributed by atoms with Crippen molar-refractivity contribution in [3.63, 3.8) is 0 Å². The Labute approximate surface area is 106 Å². The Kier molecular flexibility index (Phi) is 5.06. The third-order valence-corrected chi connectivity index (χ3v) is 2.66. The van der Waals surface area contributed by atoms with Crippen LogP contribution in [0.5, 0.6) is 23.0 Å². The van der Waals surface area contributed by atoms with Crippen LogP contribution in [0.1, 0.15) is 11.1 Å². The number of aliphatic hydroxyl groups excluding tert-OH is 2. The minimum atomic E-state index is -0.310. The highest BCUT2D eigenvalue weighted by molar-refractivity contribution is 5.66. The molecule has 102 valence electrons. The van der Waals surface area contributed by atoms with Crippen LogP contribution in [0.2, 0.25) is 0 Å². The molecule has 0 saturated heterocycles. The predicted molar refractivity (Wildman–Crippen MR) is 64.5 cm³/mol. The molecule has 0 aliphatic heterocycles. The molecule has 1 aromatic carbocycles. The van der Waals surface area contributed by atoms with Crippen molar-refractivity contribution in [2.24, 2.45) is 0 Å². The van der Waals surface area contributed by atoms with Crippen molar-refractivity contribution in [3.05, 3.63) is 11.1 Å². The zero-order valence-electron chi connectivity index (χ0n) is 10.9. The lowest BCUT2D eigenvalue weighted by Gasteiger charge is -2.21. The van der Waals surface area contributed by atoms with Gasteiger partial charge in [-0.2, -0.15) is 0 Å². The molecule has 1 aromatic rings. The van der Waals surface area contributed by atoms with E-state index >= 15 is 0 Å². The first-order chi connectivity index (χ1) is 8.69. The number of aliphatic hydroxyl groups is 2. The first-order valence-corrected chi connectivity index (χ1v) is 5.29. The highest BCUT2D eigenvalue weighted by Gasteiger charge is 2.26. The molecular weight excluding hydrogens is 240 g/mol. The zero-order valence-corrected chi connectivity index (χ0v) is 10.9. The molecule has 0 aliphatic carbocycles. The first kappa shape index (κ1) is 14.4. The maximum absolute atomic E-state index is 9.42. The summed E-state index contributed by atoms with van der Waals surface area (Å²) in [6, 6.07) is 0. The summed E-state index contributed by atoms with van der Waals surface area (Å²) in [6.07, 6.45) is 0. The lowest BCUT2D eigenvalue weighted by Crippen LogP contribution is -2.06. The van der Waals surface area contributed by atoms with Crippen molar-refractivity contribution >= 4 is 0 Å². The molecule has 2 N–H and O–H groups in total. The second-order valence-corrected chi connectivity index (χ2v) is 3.41. The van der Waals surface area contributed by atoms with Crippen LogP contribution in [-0.4, -0.2) is 38.7 Å². The fraction of sp³-hybridized carbons (Fsp3) is 0.500. The molecular formula is C12H18O6. The Morgan fingerprint density at radius 1 is 0.611 bits per heavy atom. The van der Waals surface area contributed by atoms with Gasteiger partial charge in [-0.3, -0.25) is 0 Å². The quantitative estimate of drug-likeness (QED) is 0.782. The summed E-state index contributed by atoms with van der Waals surface area (Å²) in [5.74, 6) is 1.28. The van der Waals surface area contributed by atoms with Crippen molar-refractivity contribution in [1.29, 1.82) is 0 Å². The molecule has 0 spiro atoms. The first-order valence-electron chi connectivity index (χ1n) is 5.29.